The van der Waals surface area contributed by atoms with E-state index >= 15 is 0 Å². The minimum Gasteiger partial charge on any atom is -0.337 e. The first kappa shape index (κ1) is 11.5. The van der Waals surface area contributed by atoms with Crippen LogP contribution in [0.5, 0.6) is 0 Å². The molecule has 0 unspecified atom stereocenters. The smallest absolute Gasteiger partial charge is 0.246 e. The van der Waals surface area contributed by atoms with Crippen molar-refractivity contribution in [3.05, 3.63) is 12.7 Å². The normalized spacial score (nSPS) is 18.2. The fourth-order valence-electron chi connectivity index (χ4n) is 1.16. The van der Waals surface area contributed by atoms with E-state index in [1.54, 1.807) is 0 Å². The number of piperazine rings is 1. The third kappa shape index (κ3) is 2.83. The number of amides is 1. The molecule has 70 valence electrons. The zero-order valence-electron chi connectivity index (χ0n) is 7.32. The Labute approximate surface area is 79.4 Å². The second-order valence-corrected chi connectivity index (χ2v) is 2.83. The number of carbonyl (C=O) groups is 1. The average Bonchev–Trinajstić information content (AvgIpc) is 2.05. The first-order valence-corrected chi connectivity index (χ1v) is 3.84. The second kappa shape index (κ2) is 5.17. The van der Waals surface area contributed by atoms with Gasteiger partial charge in [-0.15, -0.1) is 12.4 Å². The maximum atomic E-state index is 11.1. The molecule has 0 N–H and O–H groups in total. The predicted octanol–water partition coefficient (Wildman–Crippen LogP) is 0.368. The predicted molar refractivity (Wildman–Crippen MR) is 51.5 cm³/mol. The van der Waals surface area contributed by atoms with Crippen LogP contribution in [0.3, 0.4) is 0 Å². The Morgan fingerprint density at radius 1 is 1.33 bits per heavy atom. The molecule has 4 heteroatoms. The van der Waals surface area contributed by atoms with E-state index in [1.165, 1.54) is 6.08 Å². The van der Waals surface area contributed by atoms with E-state index in [1.807, 2.05) is 4.90 Å². The van der Waals surface area contributed by atoms with E-state index in [9.17, 15) is 4.79 Å². The maximum Gasteiger partial charge on any atom is 0.246 e. The summed E-state index contributed by atoms with van der Waals surface area (Å²) in [5.74, 6) is 0.0538. The van der Waals surface area contributed by atoms with Crippen molar-refractivity contribution in [1.29, 1.82) is 0 Å². The van der Waals surface area contributed by atoms with Gasteiger partial charge >= 0.3 is 0 Å². The molecule has 0 radical (unpaired) electrons. The van der Waals surface area contributed by atoms with Crippen LogP contribution in [-0.4, -0.2) is 48.9 Å². The van der Waals surface area contributed by atoms with E-state index in [0.717, 1.165) is 26.2 Å². The van der Waals surface area contributed by atoms with E-state index in [4.69, 9.17) is 0 Å². The van der Waals surface area contributed by atoms with Crippen molar-refractivity contribution in [2.75, 3.05) is 33.2 Å². The van der Waals surface area contributed by atoms with Crippen molar-refractivity contribution in [3.63, 3.8) is 0 Å². The summed E-state index contributed by atoms with van der Waals surface area (Å²) in [6, 6.07) is 0. The van der Waals surface area contributed by atoms with E-state index < -0.39 is 0 Å². The summed E-state index contributed by atoms with van der Waals surface area (Å²) >= 11 is 0. The highest BCUT2D eigenvalue weighted by Crippen LogP contribution is 1.99. The average molecular weight is 191 g/mol. The van der Waals surface area contributed by atoms with Crippen LogP contribution in [0.15, 0.2) is 12.7 Å². The molecule has 0 bridgehead atoms. The zero-order valence-corrected chi connectivity index (χ0v) is 8.14. The molecule has 1 aliphatic heterocycles. The first-order chi connectivity index (χ1) is 5.24. The SMILES string of the molecule is C=CC(=O)N1CCN(C)CC1.Cl. The molecule has 1 aliphatic rings. The molecule has 0 aromatic rings. The number of nitrogens with zero attached hydrogens (tertiary/aromatic N) is 2. The summed E-state index contributed by atoms with van der Waals surface area (Å²) in [7, 11) is 2.07. The number of hydrogen-bond donors (Lipinski definition) is 0. The summed E-state index contributed by atoms with van der Waals surface area (Å²) in [4.78, 5) is 15.1. The highest BCUT2D eigenvalue weighted by Gasteiger charge is 2.15. The fraction of sp³-hybridized carbons (Fsp3) is 0.625. The monoisotopic (exact) mass is 190 g/mol. The molecule has 0 aliphatic carbocycles. The van der Waals surface area contributed by atoms with Crippen molar-refractivity contribution in [2.45, 2.75) is 0 Å². The molecule has 3 nitrogen and oxygen atoms in total. The molecule has 0 aromatic heterocycles. The summed E-state index contributed by atoms with van der Waals surface area (Å²) in [5, 5.41) is 0. The second-order valence-electron chi connectivity index (χ2n) is 2.83. The third-order valence-corrected chi connectivity index (χ3v) is 1.99. The van der Waals surface area contributed by atoms with Crippen LogP contribution in [0.25, 0.3) is 0 Å². The van der Waals surface area contributed by atoms with Gasteiger partial charge in [-0.25, -0.2) is 0 Å². The van der Waals surface area contributed by atoms with Crippen molar-refractivity contribution >= 4 is 18.3 Å². The number of likely N-dealkylation sites (N-methyl/N-ethyl adjacent to an activating group) is 1. The van der Waals surface area contributed by atoms with Gasteiger partial charge in [0.2, 0.25) is 5.91 Å². The highest BCUT2D eigenvalue weighted by atomic mass is 35.5. The zero-order chi connectivity index (χ0) is 8.27. The van der Waals surface area contributed by atoms with Crippen LogP contribution in [-0.2, 0) is 4.79 Å². The summed E-state index contributed by atoms with van der Waals surface area (Å²) in [6.45, 7) is 7.06. The fourth-order valence-corrected chi connectivity index (χ4v) is 1.16. The molecular weight excluding hydrogens is 176 g/mol. The summed E-state index contributed by atoms with van der Waals surface area (Å²) in [6.07, 6.45) is 1.38. The molecule has 0 atom stereocenters. The number of halogens is 1. The Morgan fingerprint density at radius 2 is 1.83 bits per heavy atom. The van der Waals surface area contributed by atoms with Gasteiger partial charge in [0, 0.05) is 26.2 Å². The van der Waals surface area contributed by atoms with E-state index in [-0.39, 0.29) is 18.3 Å². The van der Waals surface area contributed by atoms with Gasteiger partial charge in [0.05, 0.1) is 0 Å². The van der Waals surface area contributed by atoms with E-state index in [0.29, 0.717) is 0 Å². The van der Waals surface area contributed by atoms with Gasteiger partial charge in [0.1, 0.15) is 0 Å². The van der Waals surface area contributed by atoms with Gasteiger partial charge in [-0.05, 0) is 13.1 Å². The minimum atomic E-state index is 0. The van der Waals surface area contributed by atoms with Crippen molar-refractivity contribution in [1.82, 2.24) is 9.80 Å². The third-order valence-electron chi connectivity index (χ3n) is 1.99. The van der Waals surface area contributed by atoms with Crippen LogP contribution in [0.4, 0.5) is 0 Å². The quantitative estimate of drug-likeness (QED) is 0.558. The lowest BCUT2D eigenvalue weighted by Crippen LogP contribution is -2.46. The molecule has 0 saturated carbocycles. The van der Waals surface area contributed by atoms with Crippen molar-refractivity contribution in [2.24, 2.45) is 0 Å². The van der Waals surface area contributed by atoms with Crippen LogP contribution in [0.2, 0.25) is 0 Å². The molecule has 1 amide bonds. The van der Waals surface area contributed by atoms with Gasteiger partial charge in [-0.1, -0.05) is 6.58 Å². The summed E-state index contributed by atoms with van der Waals surface area (Å²) in [5.41, 5.74) is 0. The Kier molecular flexibility index (Phi) is 4.93. The summed E-state index contributed by atoms with van der Waals surface area (Å²) < 4.78 is 0. The first-order valence-electron chi connectivity index (χ1n) is 3.84. The van der Waals surface area contributed by atoms with Crippen LogP contribution in [0.1, 0.15) is 0 Å². The topological polar surface area (TPSA) is 23.6 Å². The number of carbonyl (C=O) groups excluding carboxylic acids is 1. The minimum absolute atomic E-state index is 0. The van der Waals surface area contributed by atoms with E-state index in [2.05, 4.69) is 18.5 Å². The molecular formula is C8H15ClN2O. The van der Waals surface area contributed by atoms with Crippen molar-refractivity contribution < 1.29 is 4.79 Å². The van der Waals surface area contributed by atoms with Crippen LogP contribution in [0, 0.1) is 0 Å². The molecule has 1 rings (SSSR count). The lowest BCUT2D eigenvalue weighted by atomic mass is 10.3. The van der Waals surface area contributed by atoms with Gasteiger partial charge in [-0.3, -0.25) is 4.79 Å². The van der Waals surface area contributed by atoms with Crippen LogP contribution < -0.4 is 0 Å². The van der Waals surface area contributed by atoms with Gasteiger partial charge in [0.25, 0.3) is 0 Å². The van der Waals surface area contributed by atoms with Gasteiger partial charge < -0.3 is 9.80 Å². The lowest BCUT2D eigenvalue weighted by Gasteiger charge is -2.31. The number of rotatable bonds is 1. The largest absolute Gasteiger partial charge is 0.337 e. The molecule has 1 heterocycles. The standard InChI is InChI=1S/C8H14N2O.ClH/c1-3-8(11)10-6-4-9(2)5-7-10;/h3H,1,4-7H2,2H3;1H. The molecule has 0 spiro atoms. The van der Waals surface area contributed by atoms with Crippen LogP contribution >= 0.6 is 12.4 Å². The van der Waals surface area contributed by atoms with Gasteiger partial charge in [-0.2, -0.15) is 0 Å². The molecule has 1 fully saturated rings. The highest BCUT2D eigenvalue weighted by molar-refractivity contribution is 5.87. The molecule has 1 saturated heterocycles. The lowest BCUT2D eigenvalue weighted by molar-refractivity contribution is -0.127. The Hall–Kier alpha value is -0.540. The maximum absolute atomic E-state index is 11.1. The van der Waals surface area contributed by atoms with Gasteiger partial charge in [0.15, 0.2) is 0 Å². The Bertz CT molecular complexity index is 164. The molecule has 0 aromatic carbocycles. The number of hydrogen-bond acceptors (Lipinski definition) is 2. The Balaban J connectivity index is 0.00000121. The Morgan fingerprint density at radius 3 is 2.25 bits per heavy atom. The van der Waals surface area contributed by atoms with Crippen molar-refractivity contribution in [3.8, 4) is 0 Å². The molecule has 12 heavy (non-hydrogen) atoms.